The van der Waals surface area contributed by atoms with Crippen LogP contribution in [-0.4, -0.2) is 35.5 Å². The van der Waals surface area contributed by atoms with Crippen LogP contribution in [0.15, 0.2) is 54.6 Å². The number of carbonyl (C=O) groups excluding carboxylic acids is 1. The maximum absolute atomic E-state index is 13.0. The normalized spacial score (nSPS) is 12.3. The fourth-order valence-corrected chi connectivity index (χ4v) is 2.59. The van der Waals surface area contributed by atoms with Crippen molar-refractivity contribution in [2.45, 2.75) is 13.5 Å². The summed E-state index contributed by atoms with van der Waals surface area (Å²) in [5.74, 6) is -0.586. The van der Waals surface area contributed by atoms with Crippen LogP contribution < -0.4 is 0 Å². The molecule has 122 valence electrons. The fourth-order valence-electron chi connectivity index (χ4n) is 2.59. The minimum absolute atomic E-state index is 0.0130. The van der Waals surface area contributed by atoms with Gasteiger partial charge >= 0.3 is 0 Å². The van der Waals surface area contributed by atoms with E-state index in [2.05, 4.69) is 4.90 Å². The molecule has 1 N–H and O–H groups in total. The third-order valence-corrected chi connectivity index (χ3v) is 3.77. The summed E-state index contributed by atoms with van der Waals surface area (Å²) >= 11 is 0. The lowest BCUT2D eigenvalue weighted by atomic mass is 9.98. The summed E-state index contributed by atoms with van der Waals surface area (Å²) in [5.41, 5.74) is 1.66. The Hall–Kier alpha value is -2.04. The van der Waals surface area contributed by atoms with Crippen molar-refractivity contribution in [2.24, 2.45) is 5.92 Å². The van der Waals surface area contributed by atoms with Gasteiger partial charge in [0.15, 0.2) is 5.78 Å². The zero-order valence-electron chi connectivity index (χ0n) is 13.3. The van der Waals surface area contributed by atoms with Crippen molar-refractivity contribution in [1.29, 1.82) is 0 Å². The van der Waals surface area contributed by atoms with Crippen LogP contribution in [0, 0.1) is 11.7 Å². The van der Waals surface area contributed by atoms with Crippen LogP contribution in [0.4, 0.5) is 4.39 Å². The lowest BCUT2D eigenvalue weighted by molar-refractivity contribution is 0.0876. The Bertz CT molecular complexity index is 613. The molecule has 4 heteroatoms. The maximum Gasteiger partial charge on any atom is 0.166 e. The first-order valence-electron chi connectivity index (χ1n) is 7.77. The van der Waals surface area contributed by atoms with E-state index >= 15 is 0 Å². The van der Waals surface area contributed by atoms with E-state index in [0.29, 0.717) is 25.2 Å². The smallest absolute Gasteiger partial charge is 0.166 e. The van der Waals surface area contributed by atoms with Crippen LogP contribution in [0.2, 0.25) is 0 Å². The van der Waals surface area contributed by atoms with Crippen molar-refractivity contribution in [1.82, 2.24) is 4.90 Å². The van der Waals surface area contributed by atoms with Crippen molar-refractivity contribution in [2.75, 3.05) is 19.7 Å². The van der Waals surface area contributed by atoms with Crippen LogP contribution in [0.25, 0.3) is 0 Å². The summed E-state index contributed by atoms with van der Waals surface area (Å²) < 4.78 is 13.0. The molecule has 1 atom stereocenters. The number of ketones is 1. The Morgan fingerprint density at radius 1 is 1.13 bits per heavy atom. The number of aliphatic hydroxyl groups excluding tert-OH is 1. The predicted molar refractivity (Wildman–Crippen MR) is 88.7 cm³/mol. The number of rotatable bonds is 8. The molecule has 0 radical (unpaired) electrons. The van der Waals surface area contributed by atoms with Gasteiger partial charge < -0.3 is 5.11 Å². The van der Waals surface area contributed by atoms with Gasteiger partial charge in [-0.2, -0.15) is 0 Å². The molecular formula is C19H22FNO2. The number of benzene rings is 2. The third kappa shape index (κ3) is 5.27. The Morgan fingerprint density at radius 3 is 2.39 bits per heavy atom. The highest BCUT2D eigenvalue weighted by molar-refractivity contribution is 5.97. The Morgan fingerprint density at radius 2 is 1.78 bits per heavy atom. The van der Waals surface area contributed by atoms with Gasteiger partial charge in [-0.15, -0.1) is 0 Å². The fraction of sp³-hybridized carbons (Fsp3) is 0.316. The second-order valence-electron chi connectivity index (χ2n) is 5.72. The number of aliphatic hydroxyl groups is 1. The molecule has 3 nitrogen and oxygen atoms in total. The highest BCUT2D eigenvalue weighted by atomic mass is 19.1. The second-order valence-corrected chi connectivity index (χ2v) is 5.72. The highest BCUT2D eigenvalue weighted by Gasteiger charge is 2.18. The summed E-state index contributed by atoms with van der Waals surface area (Å²) in [5, 5.41) is 9.25. The monoisotopic (exact) mass is 315 g/mol. The molecule has 0 aromatic heterocycles. The summed E-state index contributed by atoms with van der Waals surface area (Å²) in [7, 11) is 0. The standard InChI is InChI=1S/C19H22FNO2/c1-15(19(23)17-7-9-18(20)10-8-17)13-21(11-12-22)14-16-5-3-2-4-6-16/h2-10,15,22H,11-14H2,1H3. The lowest BCUT2D eigenvalue weighted by Gasteiger charge is -2.24. The number of hydrogen-bond acceptors (Lipinski definition) is 3. The van der Waals surface area contributed by atoms with Crippen molar-refractivity contribution in [3.63, 3.8) is 0 Å². The zero-order valence-corrected chi connectivity index (χ0v) is 13.3. The van der Waals surface area contributed by atoms with Crippen molar-refractivity contribution < 1.29 is 14.3 Å². The first kappa shape index (κ1) is 17.3. The Kier molecular flexibility index (Phi) is 6.44. The summed E-state index contributed by atoms with van der Waals surface area (Å²) in [6.07, 6.45) is 0. The minimum Gasteiger partial charge on any atom is -0.395 e. The number of carbonyl (C=O) groups is 1. The first-order chi connectivity index (χ1) is 11.1. The van der Waals surface area contributed by atoms with Crippen molar-refractivity contribution >= 4 is 5.78 Å². The van der Waals surface area contributed by atoms with Crippen molar-refractivity contribution in [3.05, 3.63) is 71.5 Å². The summed E-state index contributed by atoms with van der Waals surface area (Å²) in [6, 6.07) is 15.6. The topological polar surface area (TPSA) is 40.5 Å². The van der Waals surface area contributed by atoms with Gasteiger partial charge in [0, 0.05) is 31.1 Å². The molecule has 0 heterocycles. The molecule has 2 aromatic carbocycles. The van der Waals surface area contributed by atoms with Gasteiger partial charge in [-0.05, 0) is 29.8 Å². The molecule has 0 aliphatic heterocycles. The molecule has 2 rings (SSSR count). The molecule has 0 bridgehead atoms. The average molecular weight is 315 g/mol. The molecule has 23 heavy (non-hydrogen) atoms. The molecule has 0 aliphatic rings. The maximum atomic E-state index is 13.0. The van der Waals surface area contributed by atoms with Crippen LogP contribution >= 0.6 is 0 Å². The van der Waals surface area contributed by atoms with E-state index in [0.717, 1.165) is 5.56 Å². The van der Waals surface area contributed by atoms with Gasteiger partial charge in [0.25, 0.3) is 0 Å². The quantitative estimate of drug-likeness (QED) is 0.761. The zero-order chi connectivity index (χ0) is 16.7. The van der Waals surface area contributed by atoms with Crippen LogP contribution in [0.1, 0.15) is 22.8 Å². The third-order valence-electron chi connectivity index (χ3n) is 3.77. The molecule has 0 saturated heterocycles. The van der Waals surface area contributed by atoms with Crippen LogP contribution in [-0.2, 0) is 6.54 Å². The van der Waals surface area contributed by atoms with E-state index in [1.807, 2.05) is 37.3 Å². The summed E-state index contributed by atoms with van der Waals surface area (Å²) in [4.78, 5) is 14.5. The van der Waals surface area contributed by atoms with Gasteiger partial charge in [-0.25, -0.2) is 4.39 Å². The molecule has 0 saturated carbocycles. The molecule has 0 amide bonds. The van der Waals surface area contributed by atoms with E-state index in [1.165, 1.54) is 24.3 Å². The predicted octanol–water partition coefficient (Wildman–Crippen LogP) is 3.14. The van der Waals surface area contributed by atoms with Crippen LogP contribution in [0.5, 0.6) is 0 Å². The number of halogens is 1. The number of nitrogens with zero attached hydrogens (tertiary/aromatic N) is 1. The van der Waals surface area contributed by atoms with Crippen LogP contribution in [0.3, 0.4) is 0 Å². The molecule has 0 aliphatic carbocycles. The Balaban J connectivity index is 2.00. The van der Waals surface area contributed by atoms with Gasteiger partial charge in [-0.3, -0.25) is 9.69 Å². The first-order valence-corrected chi connectivity index (χ1v) is 7.77. The van der Waals surface area contributed by atoms with E-state index < -0.39 is 0 Å². The summed E-state index contributed by atoms with van der Waals surface area (Å²) in [6.45, 7) is 3.65. The van der Waals surface area contributed by atoms with Gasteiger partial charge in [-0.1, -0.05) is 37.3 Å². The van der Waals surface area contributed by atoms with E-state index in [9.17, 15) is 14.3 Å². The molecule has 2 aromatic rings. The average Bonchev–Trinajstić information content (AvgIpc) is 2.56. The number of hydrogen-bond donors (Lipinski definition) is 1. The molecule has 1 unspecified atom stereocenters. The molecular weight excluding hydrogens is 293 g/mol. The van der Waals surface area contributed by atoms with E-state index in [1.54, 1.807) is 0 Å². The van der Waals surface area contributed by atoms with Crippen molar-refractivity contribution in [3.8, 4) is 0 Å². The van der Waals surface area contributed by atoms with Gasteiger partial charge in [0.1, 0.15) is 5.82 Å². The minimum atomic E-state index is -0.347. The SMILES string of the molecule is CC(CN(CCO)Cc1ccccc1)C(=O)c1ccc(F)cc1. The Labute approximate surface area is 136 Å². The number of Topliss-reactive ketones (excluding diaryl/α,β-unsaturated/α-hetero) is 1. The molecule has 0 spiro atoms. The second kappa shape index (κ2) is 8.56. The van der Waals surface area contributed by atoms with Gasteiger partial charge in [0.05, 0.1) is 6.61 Å². The van der Waals surface area contributed by atoms with Gasteiger partial charge in [0.2, 0.25) is 0 Å². The van der Waals surface area contributed by atoms with E-state index in [4.69, 9.17) is 0 Å². The largest absolute Gasteiger partial charge is 0.395 e. The van der Waals surface area contributed by atoms with E-state index in [-0.39, 0.29) is 24.1 Å². The highest BCUT2D eigenvalue weighted by Crippen LogP contribution is 2.13. The lowest BCUT2D eigenvalue weighted by Crippen LogP contribution is -2.33. The molecule has 0 fully saturated rings.